The Labute approximate surface area is 89.1 Å². The quantitative estimate of drug-likeness (QED) is 0.717. The van der Waals surface area contributed by atoms with Gasteiger partial charge in [0, 0.05) is 27.8 Å². The Morgan fingerprint density at radius 3 is 2.45 bits per heavy atom. The minimum atomic E-state index is 1.16. The van der Waals surface area contributed by atoms with Crippen LogP contribution in [0.4, 0.5) is 5.69 Å². The molecule has 0 spiro atoms. The first-order valence-corrected chi connectivity index (χ1v) is 5.11. The number of anilines is 1. The van der Waals surface area contributed by atoms with Crippen LogP contribution in [0.3, 0.4) is 0 Å². The molecular formula is C8H9BrIN. The smallest absolute Gasteiger partial charge is 0.0373 e. The Kier molecular flexibility index (Phi) is 3.18. The zero-order chi connectivity index (χ0) is 8.43. The van der Waals surface area contributed by atoms with E-state index in [0.717, 1.165) is 4.47 Å². The van der Waals surface area contributed by atoms with Gasteiger partial charge in [0.15, 0.2) is 0 Å². The summed E-state index contributed by atoms with van der Waals surface area (Å²) in [5.41, 5.74) is 1.22. The van der Waals surface area contributed by atoms with Crippen molar-refractivity contribution in [2.45, 2.75) is 0 Å². The van der Waals surface area contributed by atoms with Crippen molar-refractivity contribution in [1.82, 2.24) is 0 Å². The van der Waals surface area contributed by atoms with E-state index in [-0.39, 0.29) is 0 Å². The monoisotopic (exact) mass is 325 g/mol. The largest absolute Gasteiger partial charge is 0.378 e. The lowest BCUT2D eigenvalue weighted by Crippen LogP contribution is -2.08. The Morgan fingerprint density at radius 1 is 1.36 bits per heavy atom. The minimum absolute atomic E-state index is 1.16. The fourth-order valence-electron chi connectivity index (χ4n) is 0.763. The Balaban J connectivity index is 3.05. The lowest BCUT2D eigenvalue weighted by molar-refractivity contribution is 1.13. The summed E-state index contributed by atoms with van der Waals surface area (Å²) in [5.74, 6) is 0. The molecule has 3 heteroatoms. The van der Waals surface area contributed by atoms with Crippen molar-refractivity contribution in [2.75, 3.05) is 19.0 Å². The van der Waals surface area contributed by atoms with E-state index in [2.05, 4.69) is 61.6 Å². The van der Waals surface area contributed by atoms with Gasteiger partial charge in [0.2, 0.25) is 0 Å². The molecule has 0 aliphatic carbocycles. The first kappa shape index (κ1) is 9.32. The zero-order valence-corrected chi connectivity index (χ0v) is 10.2. The molecular weight excluding hydrogens is 317 g/mol. The van der Waals surface area contributed by atoms with Crippen LogP contribution in [0.2, 0.25) is 0 Å². The molecule has 0 saturated carbocycles. The summed E-state index contributed by atoms with van der Waals surface area (Å²) in [4.78, 5) is 2.08. The fraction of sp³-hybridized carbons (Fsp3) is 0.250. The topological polar surface area (TPSA) is 3.24 Å². The van der Waals surface area contributed by atoms with E-state index in [1.807, 2.05) is 14.1 Å². The molecule has 0 aliphatic heterocycles. The Hall–Kier alpha value is 0.230. The Bertz CT molecular complexity index is 260. The van der Waals surface area contributed by atoms with Gasteiger partial charge in [-0.25, -0.2) is 0 Å². The van der Waals surface area contributed by atoms with E-state index in [9.17, 15) is 0 Å². The number of halogens is 2. The lowest BCUT2D eigenvalue weighted by Gasteiger charge is -2.12. The van der Waals surface area contributed by atoms with Gasteiger partial charge in [0.25, 0.3) is 0 Å². The van der Waals surface area contributed by atoms with Crippen LogP contribution in [0.1, 0.15) is 0 Å². The molecule has 1 rings (SSSR count). The van der Waals surface area contributed by atoms with Gasteiger partial charge >= 0.3 is 0 Å². The van der Waals surface area contributed by atoms with E-state index in [1.165, 1.54) is 9.26 Å². The number of nitrogens with zero attached hydrogens (tertiary/aromatic N) is 1. The summed E-state index contributed by atoms with van der Waals surface area (Å²) < 4.78 is 2.40. The van der Waals surface area contributed by atoms with Crippen LogP contribution in [0.5, 0.6) is 0 Å². The van der Waals surface area contributed by atoms with Crippen molar-refractivity contribution in [2.24, 2.45) is 0 Å². The van der Waals surface area contributed by atoms with Crippen molar-refractivity contribution in [1.29, 1.82) is 0 Å². The fourth-order valence-corrected chi connectivity index (χ4v) is 1.47. The van der Waals surface area contributed by atoms with Crippen molar-refractivity contribution in [3.8, 4) is 0 Å². The van der Waals surface area contributed by atoms with E-state index in [4.69, 9.17) is 0 Å². The molecule has 0 atom stereocenters. The van der Waals surface area contributed by atoms with E-state index in [1.54, 1.807) is 0 Å². The molecule has 0 radical (unpaired) electrons. The van der Waals surface area contributed by atoms with E-state index < -0.39 is 0 Å². The molecule has 0 N–H and O–H groups in total. The highest BCUT2D eigenvalue weighted by atomic mass is 127. The molecule has 0 aromatic heterocycles. The first-order valence-electron chi connectivity index (χ1n) is 3.23. The molecule has 1 nitrogen and oxygen atoms in total. The second kappa shape index (κ2) is 3.76. The highest BCUT2D eigenvalue weighted by Gasteiger charge is 1.98. The number of benzene rings is 1. The second-order valence-corrected chi connectivity index (χ2v) is 4.51. The molecule has 0 unspecified atom stereocenters. The van der Waals surface area contributed by atoms with Gasteiger partial charge in [-0.1, -0.05) is 0 Å². The SMILES string of the molecule is CN(C)c1ccc(I)c(Br)c1. The number of rotatable bonds is 1. The van der Waals surface area contributed by atoms with Crippen LogP contribution in [0.15, 0.2) is 22.7 Å². The van der Waals surface area contributed by atoms with Crippen LogP contribution in [-0.2, 0) is 0 Å². The molecule has 0 saturated heterocycles. The minimum Gasteiger partial charge on any atom is -0.378 e. The third-order valence-corrected chi connectivity index (χ3v) is 3.76. The van der Waals surface area contributed by atoms with Gasteiger partial charge in [0.05, 0.1) is 0 Å². The number of hydrogen-bond acceptors (Lipinski definition) is 1. The predicted octanol–water partition coefficient (Wildman–Crippen LogP) is 3.12. The lowest BCUT2D eigenvalue weighted by atomic mass is 10.3. The van der Waals surface area contributed by atoms with Gasteiger partial charge in [0.1, 0.15) is 0 Å². The first-order chi connectivity index (χ1) is 5.11. The van der Waals surface area contributed by atoms with Crippen molar-refractivity contribution < 1.29 is 0 Å². The van der Waals surface area contributed by atoms with Crippen LogP contribution >= 0.6 is 38.5 Å². The third kappa shape index (κ3) is 2.33. The maximum Gasteiger partial charge on any atom is 0.0373 e. The highest BCUT2D eigenvalue weighted by Crippen LogP contribution is 2.23. The van der Waals surface area contributed by atoms with Crippen LogP contribution in [0, 0.1) is 3.57 Å². The van der Waals surface area contributed by atoms with Crippen LogP contribution in [0.25, 0.3) is 0 Å². The summed E-state index contributed by atoms with van der Waals surface area (Å²) in [7, 11) is 4.07. The molecule has 1 aromatic carbocycles. The average Bonchev–Trinajstić information content (AvgIpc) is 1.94. The Morgan fingerprint density at radius 2 is 2.00 bits per heavy atom. The highest BCUT2D eigenvalue weighted by molar-refractivity contribution is 14.1. The molecule has 11 heavy (non-hydrogen) atoms. The standard InChI is InChI=1S/C8H9BrIN/c1-11(2)6-3-4-8(10)7(9)5-6/h3-5H,1-2H3. The summed E-state index contributed by atoms with van der Waals surface area (Å²) >= 11 is 5.78. The molecule has 1 aromatic rings. The average molecular weight is 326 g/mol. The van der Waals surface area contributed by atoms with Gasteiger partial charge in [-0.15, -0.1) is 0 Å². The van der Waals surface area contributed by atoms with Gasteiger partial charge < -0.3 is 4.90 Å². The summed E-state index contributed by atoms with van der Waals surface area (Å²) in [6.45, 7) is 0. The summed E-state index contributed by atoms with van der Waals surface area (Å²) in [6, 6.07) is 6.31. The summed E-state index contributed by atoms with van der Waals surface area (Å²) in [5, 5.41) is 0. The summed E-state index contributed by atoms with van der Waals surface area (Å²) in [6.07, 6.45) is 0. The van der Waals surface area contributed by atoms with Crippen molar-refractivity contribution in [3.63, 3.8) is 0 Å². The van der Waals surface area contributed by atoms with Crippen LogP contribution < -0.4 is 4.90 Å². The van der Waals surface area contributed by atoms with E-state index >= 15 is 0 Å². The van der Waals surface area contributed by atoms with Crippen molar-refractivity contribution in [3.05, 3.63) is 26.2 Å². The van der Waals surface area contributed by atoms with Crippen molar-refractivity contribution >= 4 is 44.2 Å². The zero-order valence-electron chi connectivity index (χ0n) is 6.44. The van der Waals surface area contributed by atoms with Gasteiger partial charge in [-0.3, -0.25) is 0 Å². The molecule has 0 fully saturated rings. The van der Waals surface area contributed by atoms with Gasteiger partial charge in [-0.05, 0) is 56.7 Å². The predicted molar refractivity (Wildman–Crippen MR) is 61.2 cm³/mol. The second-order valence-electron chi connectivity index (χ2n) is 2.49. The normalized spacial score (nSPS) is 9.82. The molecule has 0 aliphatic rings. The maximum atomic E-state index is 3.48. The molecule has 0 amide bonds. The van der Waals surface area contributed by atoms with E-state index in [0.29, 0.717) is 0 Å². The third-order valence-electron chi connectivity index (χ3n) is 1.42. The number of hydrogen-bond donors (Lipinski definition) is 0. The maximum absolute atomic E-state index is 3.48. The molecule has 60 valence electrons. The van der Waals surface area contributed by atoms with Crippen LogP contribution in [-0.4, -0.2) is 14.1 Å². The van der Waals surface area contributed by atoms with Gasteiger partial charge in [-0.2, -0.15) is 0 Å². The molecule has 0 heterocycles. The molecule has 0 bridgehead atoms.